The molecule has 1 atom stereocenters. The summed E-state index contributed by atoms with van der Waals surface area (Å²) in [6.07, 6.45) is 4.27. The Hall–Kier alpha value is -1.62. The molecule has 3 rings (SSSR count). The van der Waals surface area contributed by atoms with Gasteiger partial charge in [0.05, 0.1) is 18.4 Å². The van der Waals surface area contributed by atoms with Gasteiger partial charge in [0, 0.05) is 24.1 Å². The van der Waals surface area contributed by atoms with Crippen LogP contribution in [0.4, 0.5) is 0 Å². The molecular weight excluding hydrogens is 264 g/mol. The molecule has 1 aliphatic rings. The largest absolute Gasteiger partial charge is 0.444 e. The lowest BCUT2D eigenvalue weighted by molar-refractivity contribution is 0.180. The van der Waals surface area contributed by atoms with Gasteiger partial charge in [0.1, 0.15) is 5.76 Å². The zero-order valence-corrected chi connectivity index (χ0v) is 13.1. The topological polar surface area (TPSA) is 58.0 Å². The third kappa shape index (κ3) is 3.35. The maximum absolute atomic E-state index is 5.82. The van der Waals surface area contributed by atoms with Crippen LogP contribution in [-0.2, 0) is 6.54 Å². The van der Waals surface area contributed by atoms with Crippen molar-refractivity contribution in [2.75, 3.05) is 13.1 Å². The first-order valence-corrected chi connectivity index (χ1v) is 7.80. The smallest absolute Gasteiger partial charge is 0.208 e. The predicted molar refractivity (Wildman–Crippen MR) is 81.2 cm³/mol. The van der Waals surface area contributed by atoms with Crippen LogP contribution in [0.15, 0.2) is 16.7 Å². The zero-order chi connectivity index (χ0) is 14.8. The molecule has 1 saturated heterocycles. The van der Waals surface area contributed by atoms with Gasteiger partial charge < -0.3 is 4.42 Å². The lowest BCUT2D eigenvalue weighted by atomic mass is 9.95. The fourth-order valence-corrected chi connectivity index (χ4v) is 2.94. The van der Waals surface area contributed by atoms with Crippen LogP contribution in [-0.4, -0.2) is 33.2 Å². The van der Waals surface area contributed by atoms with Gasteiger partial charge in [-0.25, -0.2) is 4.98 Å². The number of likely N-dealkylation sites (tertiary alicyclic amines) is 1. The predicted octanol–water partition coefficient (Wildman–Crippen LogP) is 3.21. The minimum Gasteiger partial charge on any atom is -0.444 e. The van der Waals surface area contributed by atoms with Crippen LogP contribution in [0.1, 0.15) is 61.6 Å². The van der Waals surface area contributed by atoms with Gasteiger partial charge in [0.2, 0.25) is 5.89 Å². The molecule has 2 aromatic heterocycles. The first kappa shape index (κ1) is 14.3. The quantitative estimate of drug-likeness (QED) is 0.938. The van der Waals surface area contributed by atoms with Gasteiger partial charge in [-0.05, 0) is 32.4 Å². The van der Waals surface area contributed by atoms with Gasteiger partial charge in [-0.1, -0.05) is 13.8 Å². The summed E-state index contributed by atoms with van der Waals surface area (Å²) < 4.78 is 5.82. The second-order valence-corrected chi connectivity index (χ2v) is 6.36. The van der Waals surface area contributed by atoms with E-state index in [2.05, 4.69) is 46.9 Å². The highest BCUT2D eigenvalue weighted by Gasteiger charge is 2.24. The van der Waals surface area contributed by atoms with Crippen LogP contribution in [0.2, 0.25) is 0 Å². The minimum atomic E-state index is 0.396. The molecule has 5 nitrogen and oxygen atoms in total. The Morgan fingerprint density at radius 3 is 3.00 bits per heavy atom. The molecule has 0 unspecified atom stereocenters. The Morgan fingerprint density at radius 1 is 1.48 bits per heavy atom. The van der Waals surface area contributed by atoms with Crippen molar-refractivity contribution in [3.63, 3.8) is 0 Å². The first-order valence-electron chi connectivity index (χ1n) is 7.80. The highest BCUT2D eigenvalue weighted by atomic mass is 16.4. The highest BCUT2D eigenvalue weighted by Crippen LogP contribution is 2.27. The molecule has 21 heavy (non-hydrogen) atoms. The van der Waals surface area contributed by atoms with Crippen LogP contribution < -0.4 is 0 Å². The minimum absolute atomic E-state index is 0.396. The van der Waals surface area contributed by atoms with Gasteiger partial charge in [-0.2, -0.15) is 5.10 Å². The summed E-state index contributed by atoms with van der Waals surface area (Å²) in [7, 11) is 0. The van der Waals surface area contributed by atoms with Crippen molar-refractivity contribution >= 4 is 0 Å². The second-order valence-electron chi connectivity index (χ2n) is 6.36. The number of rotatable bonds is 4. The van der Waals surface area contributed by atoms with Crippen molar-refractivity contribution < 1.29 is 4.42 Å². The van der Waals surface area contributed by atoms with E-state index in [1.54, 1.807) is 0 Å². The average Bonchev–Trinajstić information content (AvgIpc) is 3.08. The SMILES string of the molecule is Cc1cc([C@H]2CCCN(Cc3ncc(C(C)C)o3)C2)n[nH]1. The Labute approximate surface area is 125 Å². The van der Waals surface area contributed by atoms with Crippen molar-refractivity contribution in [1.29, 1.82) is 0 Å². The average molecular weight is 288 g/mol. The molecule has 0 amide bonds. The van der Waals surface area contributed by atoms with Gasteiger partial charge in [0.25, 0.3) is 0 Å². The first-order chi connectivity index (χ1) is 10.1. The molecule has 2 aromatic rings. The normalized spacial score (nSPS) is 20.3. The highest BCUT2D eigenvalue weighted by molar-refractivity contribution is 5.13. The van der Waals surface area contributed by atoms with Gasteiger partial charge in [-0.15, -0.1) is 0 Å². The van der Waals surface area contributed by atoms with Gasteiger partial charge in [-0.3, -0.25) is 10.00 Å². The molecule has 1 fully saturated rings. The molecule has 0 radical (unpaired) electrons. The molecule has 3 heterocycles. The Kier molecular flexibility index (Phi) is 4.10. The number of hydrogen-bond donors (Lipinski definition) is 1. The number of nitrogens with zero attached hydrogens (tertiary/aromatic N) is 3. The van der Waals surface area contributed by atoms with E-state index in [4.69, 9.17) is 4.42 Å². The van der Waals surface area contributed by atoms with E-state index < -0.39 is 0 Å². The Morgan fingerprint density at radius 2 is 2.33 bits per heavy atom. The zero-order valence-electron chi connectivity index (χ0n) is 13.1. The third-order valence-electron chi connectivity index (χ3n) is 4.15. The summed E-state index contributed by atoms with van der Waals surface area (Å²) in [6, 6.07) is 2.16. The van der Waals surface area contributed by atoms with Crippen molar-refractivity contribution in [2.45, 2.75) is 52.0 Å². The second kappa shape index (κ2) is 6.02. The number of aromatic amines is 1. The maximum atomic E-state index is 5.82. The van der Waals surface area contributed by atoms with Gasteiger partial charge in [0.15, 0.2) is 0 Å². The lowest BCUT2D eigenvalue weighted by Crippen LogP contribution is -2.34. The number of nitrogens with one attached hydrogen (secondary N) is 1. The molecule has 0 saturated carbocycles. The molecule has 1 aliphatic heterocycles. The standard InChI is InChI=1S/C16H24N4O/c1-11(2)15-8-17-16(21-15)10-20-6-4-5-13(9-20)14-7-12(3)18-19-14/h7-8,11,13H,4-6,9-10H2,1-3H3,(H,18,19)/t13-/m0/s1. The summed E-state index contributed by atoms with van der Waals surface area (Å²) in [5.74, 6) is 2.72. The van der Waals surface area contributed by atoms with Gasteiger partial charge >= 0.3 is 0 Å². The van der Waals surface area contributed by atoms with Crippen LogP contribution in [0.25, 0.3) is 0 Å². The molecule has 114 valence electrons. The van der Waals surface area contributed by atoms with Crippen molar-refractivity contribution in [3.8, 4) is 0 Å². The number of oxazole rings is 1. The molecule has 5 heteroatoms. The number of H-pyrrole nitrogens is 1. The summed E-state index contributed by atoms with van der Waals surface area (Å²) in [5.41, 5.74) is 2.32. The van der Waals surface area contributed by atoms with Crippen molar-refractivity contribution in [1.82, 2.24) is 20.1 Å². The molecule has 0 aliphatic carbocycles. The summed E-state index contributed by atoms with van der Waals surface area (Å²) >= 11 is 0. The molecule has 1 N–H and O–H groups in total. The van der Waals surface area contributed by atoms with E-state index in [1.165, 1.54) is 18.5 Å². The third-order valence-corrected chi connectivity index (χ3v) is 4.15. The lowest BCUT2D eigenvalue weighted by Gasteiger charge is -2.30. The Balaban J connectivity index is 1.63. The number of aromatic nitrogens is 3. The van der Waals surface area contributed by atoms with Crippen LogP contribution in [0.5, 0.6) is 0 Å². The van der Waals surface area contributed by atoms with E-state index in [9.17, 15) is 0 Å². The van der Waals surface area contributed by atoms with Crippen molar-refractivity contribution in [2.24, 2.45) is 0 Å². The molecule has 0 aromatic carbocycles. The summed E-state index contributed by atoms with van der Waals surface area (Å²) in [4.78, 5) is 6.83. The number of piperidine rings is 1. The van der Waals surface area contributed by atoms with E-state index in [1.807, 2.05) is 6.20 Å². The van der Waals surface area contributed by atoms with Crippen LogP contribution in [0.3, 0.4) is 0 Å². The molecule has 0 spiro atoms. The number of hydrogen-bond acceptors (Lipinski definition) is 4. The van der Waals surface area contributed by atoms with Crippen LogP contribution >= 0.6 is 0 Å². The fourth-order valence-electron chi connectivity index (χ4n) is 2.94. The van der Waals surface area contributed by atoms with Crippen molar-refractivity contribution in [3.05, 3.63) is 35.3 Å². The van der Waals surface area contributed by atoms with E-state index >= 15 is 0 Å². The van der Waals surface area contributed by atoms with E-state index in [0.29, 0.717) is 11.8 Å². The fraction of sp³-hybridized carbons (Fsp3) is 0.625. The summed E-state index contributed by atoms with van der Waals surface area (Å²) in [6.45, 7) is 9.25. The Bertz CT molecular complexity index is 587. The van der Waals surface area contributed by atoms with E-state index in [0.717, 1.165) is 37.0 Å². The molecule has 0 bridgehead atoms. The summed E-state index contributed by atoms with van der Waals surface area (Å²) in [5, 5.41) is 7.46. The number of aryl methyl sites for hydroxylation is 1. The monoisotopic (exact) mass is 288 g/mol. The van der Waals surface area contributed by atoms with E-state index in [-0.39, 0.29) is 0 Å². The van der Waals surface area contributed by atoms with Crippen LogP contribution in [0, 0.1) is 6.92 Å². The molecular formula is C16H24N4O. The maximum Gasteiger partial charge on any atom is 0.208 e.